The standard InChI is InChI=1S/C16H17N.C12H14O.C12H14S.C11H13F3.C11H13N.C10H13Cl.6C2H6/c1-3-11(2)12-8-6-10-15-16(12)13-7-4-5-9-14(13)17-15;1-3-9(2)11-5-4-10-6-7-13-12(10)8-11;1-3-9(2)10-4-5-12-11(8-10)6-7-13-12;1-3-10(2,11(12,13)14)9-7-5-4-6-8-9;1-3-11(2,9-12)10-7-5-4-6-8-10;1-3-10(2,11)9-7-5-4-6-8-9;6*1-2/h4-11,17H,3H2,1-2H3;2*4-9H,3H2,1-2H3;4-8H,3H2,1-2H3;4-8H,3H2,1-2H3;4-8H,3H2,1-2H3;6*1-2H3. The molecule has 6 unspecified atom stereocenters. The number of aromatic amines is 1. The number of aromatic nitrogens is 1. The van der Waals surface area contributed by atoms with Crippen molar-refractivity contribution < 1.29 is 17.6 Å². The van der Waals surface area contributed by atoms with Crippen LogP contribution in [0.15, 0.2) is 198 Å². The van der Waals surface area contributed by atoms with E-state index in [0.717, 1.165) is 24.0 Å². The number of thiophene rings is 1. The lowest BCUT2D eigenvalue weighted by molar-refractivity contribution is -0.186. The number of para-hydroxylation sites is 1. The molecule has 1 N–H and O–H groups in total. The highest BCUT2D eigenvalue weighted by molar-refractivity contribution is 7.17. The maximum atomic E-state index is 12.8. The number of benzene rings is 7. The molecule has 0 radical (unpaired) electrons. The van der Waals surface area contributed by atoms with E-state index >= 15 is 0 Å². The van der Waals surface area contributed by atoms with E-state index in [1.807, 2.05) is 170 Å². The molecule has 0 aliphatic heterocycles. The lowest BCUT2D eigenvalue weighted by atomic mass is 9.79. The minimum Gasteiger partial charge on any atom is -0.464 e. The van der Waals surface area contributed by atoms with Gasteiger partial charge in [0, 0.05) is 31.9 Å². The molecule has 0 saturated heterocycles. The number of hydrogen-bond acceptors (Lipinski definition) is 3. The van der Waals surface area contributed by atoms with Gasteiger partial charge in [-0.3, -0.25) is 0 Å². The summed E-state index contributed by atoms with van der Waals surface area (Å²) in [6.45, 7) is 48.5. The molecule has 0 bridgehead atoms. The first-order chi connectivity index (χ1) is 44.2. The van der Waals surface area contributed by atoms with Gasteiger partial charge in [0.05, 0.1) is 28.0 Å². The average Bonchev–Trinajstić information content (AvgIpc) is 1.64. The van der Waals surface area contributed by atoms with Crippen LogP contribution in [0.2, 0.25) is 0 Å². The Morgan fingerprint density at radius 1 is 0.489 bits per heavy atom. The number of fused-ring (bicyclic) bond motifs is 5. The van der Waals surface area contributed by atoms with Gasteiger partial charge in [-0.2, -0.15) is 18.4 Å². The zero-order valence-corrected chi connectivity index (χ0v) is 62.8. The summed E-state index contributed by atoms with van der Waals surface area (Å²) in [5.74, 6) is 1.91. The first kappa shape index (κ1) is 87.5. The minimum atomic E-state index is -4.19. The molecule has 10 aromatic rings. The van der Waals surface area contributed by atoms with Gasteiger partial charge in [0.1, 0.15) is 5.58 Å². The van der Waals surface area contributed by atoms with Crippen LogP contribution < -0.4 is 0 Å². The molecular formula is C84H120ClF3N2OS. The molecule has 92 heavy (non-hydrogen) atoms. The van der Waals surface area contributed by atoms with Gasteiger partial charge in [-0.1, -0.05) is 291 Å². The van der Waals surface area contributed by atoms with Crippen molar-refractivity contribution >= 4 is 65.8 Å². The zero-order chi connectivity index (χ0) is 70.5. The second-order valence-corrected chi connectivity index (χ2v) is 23.2. The van der Waals surface area contributed by atoms with E-state index < -0.39 is 11.6 Å². The number of H-pyrrole nitrogens is 1. The molecule has 0 aliphatic rings. The smallest absolute Gasteiger partial charge is 0.398 e. The Morgan fingerprint density at radius 2 is 0.957 bits per heavy atom. The summed E-state index contributed by atoms with van der Waals surface area (Å²) < 4.78 is 45.1. The number of rotatable bonds is 12. The van der Waals surface area contributed by atoms with Gasteiger partial charge in [-0.05, 0) is 158 Å². The molecule has 0 fully saturated rings. The van der Waals surface area contributed by atoms with Gasteiger partial charge in [-0.15, -0.1) is 22.9 Å². The summed E-state index contributed by atoms with van der Waals surface area (Å²) >= 11 is 8.06. The molecule has 8 heteroatoms. The number of halogens is 4. The van der Waals surface area contributed by atoms with Crippen molar-refractivity contribution in [1.29, 1.82) is 5.26 Å². The fourth-order valence-electron chi connectivity index (χ4n) is 9.12. The van der Waals surface area contributed by atoms with Gasteiger partial charge < -0.3 is 9.40 Å². The molecule has 10 rings (SSSR count). The molecule has 3 nitrogen and oxygen atoms in total. The quantitative estimate of drug-likeness (QED) is 0.124. The van der Waals surface area contributed by atoms with Crippen LogP contribution in [0.3, 0.4) is 0 Å². The Kier molecular flexibility index (Phi) is 45.8. The fraction of sp³-hybridized carbons (Fsp3) is 0.440. The number of nitrogens with one attached hydrogen (secondary N) is 1. The molecule has 0 aliphatic carbocycles. The van der Waals surface area contributed by atoms with Crippen LogP contribution in [0.5, 0.6) is 0 Å². The molecule has 0 spiro atoms. The van der Waals surface area contributed by atoms with E-state index in [0.29, 0.717) is 23.3 Å². The van der Waals surface area contributed by atoms with E-state index in [2.05, 4.69) is 162 Å². The maximum absolute atomic E-state index is 12.8. The number of alkyl halides is 4. The van der Waals surface area contributed by atoms with Crippen molar-refractivity contribution in [2.45, 2.75) is 244 Å². The van der Waals surface area contributed by atoms with E-state index in [4.69, 9.17) is 21.3 Å². The summed E-state index contributed by atoms with van der Waals surface area (Å²) in [5, 5.41) is 16.5. The van der Waals surface area contributed by atoms with Gasteiger partial charge in [0.25, 0.3) is 0 Å². The molecule has 6 atom stereocenters. The van der Waals surface area contributed by atoms with Gasteiger partial charge in [0.15, 0.2) is 0 Å². The number of hydrogen-bond donors (Lipinski definition) is 1. The third kappa shape index (κ3) is 26.8. The van der Waals surface area contributed by atoms with E-state index in [1.54, 1.807) is 31.4 Å². The Morgan fingerprint density at radius 3 is 1.43 bits per heavy atom. The van der Waals surface area contributed by atoms with E-state index in [1.165, 1.54) is 97.9 Å². The highest BCUT2D eigenvalue weighted by Crippen LogP contribution is 2.43. The molecular weight excluding hydrogens is 1180 g/mol. The van der Waals surface area contributed by atoms with Crippen molar-refractivity contribution in [3.8, 4) is 6.07 Å². The lowest BCUT2D eigenvalue weighted by Crippen LogP contribution is -2.38. The Hall–Kier alpha value is -6.59. The summed E-state index contributed by atoms with van der Waals surface area (Å²) in [4.78, 5) is 3.30. The maximum Gasteiger partial charge on any atom is 0.398 e. The molecule has 0 saturated carbocycles. The molecule has 506 valence electrons. The fourth-order valence-corrected chi connectivity index (χ4v) is 10.0. The number of furan rings is 1. The molecule has 3 aromatic heterocycles. The summed E-state index contributed by atoms with van der Waals surface area (Å²) in [6.07, 6.45) is 2.99. The monoisotopic (exact) mass is 1300 g/mol. The first-order valence-electron chi connectivity index (χ1n) is 34.5. The zero-order valence-electron chi connectivity index (χ0n) is 61.2. The van der Waals surface area contributed by atoms with Crippen LogP contribution in [0, 0.1) is 11.3 Å². The first-order valence-corrected chi connectivity index (χ1v) is 35.8. The third-order valence-electron chi connectivity index (χ3n) is 16.2. The van der Waals surface area contributed by atoms with E-state index in [-0.39, 0.29) is 16.7 Å². The van der Waals surface area contributed by atoms with Gasteiger partial charge >= 0.3 is 6.18 Å². The normalized spacial score (nSPS) is 12.9. The average molecular weight is 1300 g/mol. The Balaban J connectivity index is 0. The second kappa shape index (κ2) is 48.2. The summed E-state index contributed by atoms with van der Waals surface area (Å²) in [6, 6.07) is 63.1. The van der Waals surface area contributed by atoms with Crippen molar-refractivity contribution in [1.82, 2.24) is 4.98 Å². The van der Waals surface area contributed by atoms with Crippen LogP contribution in [0.25, 0.3) is 42.9 Å². The van der Waals surface area contributed by atoms with Crippen LogP contribution >= 0.6 is 22.9 Å². The van der Waals surface area contributed by atoms with Gasteiger partial charge in [0.2, 0.25) is 0 Å². The minimum absolute atomic E-state index is 0.0561. The SMILES string of the molecule is CC.CC.CC.CC.CC.CC.CCC(C)(C#N)c1ccccc1.CCC(C)(Cl)c1ccccc1.CCC(C)(c1ccccc1)C(F)(F)F.CCC(C)c1ccc2ccoc2c1.CCC(C)c1ccc2sccc2c1.CCC(C)c1cccc2[nH]c3ccccc3c12. The third-order valence-corrected chi connectivity index (χ3v) is 17.6. The Labute approximate surface area is 567 Å². The van der Waals surface area contributed by atoms with Crippen molar-refractivity contribution in [3.63, 3.8) is 0 Å². The summed E-state index contributed by atoms with van der Waals surface area (Å²) in [5.41, 5.74) is 8.37. The molecule has 0 amide bonds. The molecule has 3 heterocycles. The molecule has 7 aromatic carbocycles. The largest absolute Gasteiger partial charge is 0.464 e. The van der Waals surface area contributed by atoms with Crippen LogP contribution in [0.1, 0.15) is 256 Å². The van der Waals surface area contributed by atoms with Crippen molar-refractivity contribution in [2.75, 3.05) is 0 Å². The highest BCUT2D eigenvalue weighted by Gasteiger charge is 2.50. The predicted molar refractivity (Wildman–Crippen MR) is 408 cm³/mol. The van der Waals surface area contributed by atoms with Crippen LogP contribution in [0.4, 0.5) is 13.2 Å². The van der Waals surface area contributed by atoms with Crippen LogP contribution in [-0.4, -0.2) is 11.2 Å². The number of nitriles is 1. The topological polar surface area (TPSA) is 52.7 Å². The lowest BCUT2D eigenvalue weighted by Gasteiger charge is -2.31. The van der Waals surface area contributed by atoms with Crippen molar-refractivity contribution in [2.24, 2.45) is 0 Å². The highest BCUT2D eigenvalue weighted by atomic mass is 35.5. The number of nitrogens with zero attached hydrogens (tertiary/aromatic N) is 1. The van der Waals surface area contributed by atoms with E-state index in [9.17, 15) is 13.2 Å². The van der Waals surface area contributed by atoms with Crippen molar-refractivity contribution in [3.05, 3.63) is 227 Å². The summed E-state index contributed by atoms with van der Waals surface area (Å²) in [7, 11) is 0. The van der Waals surface area contributed by atoms with Crippen LogP contribution in [-0.2, 0) is 15.7 Å². The second-order valence-electron chi connectivity index (χ2n) is 21.4. The van der Waals surface area contributed by atoms with Gasteiger partial charge in [-0.25, -0.2) is 0 Å². The predicted octanol–water partition coefficient (Wildman–Crippen LogP) is 29.7. The Bertz CT molecular complexity index is 3350.